The number of hydrogen-bond donors (Lipinski definition) is 3. The molecule has 0 radical (unpaired) electrons. The molecule has 25 heavy (non-hydrogen) atoms. The second-order valence-electron chi connectivity index (χ2n) is 5.61. The zero-order valence-electron chi connectivity index (χ0n) is 13.7. The van der Waals surface area contributed by atoms with Gasteiger partial charge < -0.3 is 10.6 Å². The molecule has 128 valence electrons. The van der Waals surface area contributed by atoms with Gasteiger partial charge in [0.05, 0.1) is 5.69 Å². The molecule has 7 heteroatoms. The third-order valence-corrected chi connectivity index (χ3v) is 4.62. The SMILES string of the molecule is Cc1ccc(NC(=O)C[C@@H]2SC(=NNc3ccccc3)NC2=O)cc1. The van der Waals surface area contributed by atoms with Crippen molar-refractivity contribution in [2.24, 2.45) is 5.10 Å². The lowest BCUT2D eigenvalue weighted by atomic mass is 10.2. The van der Waals surface area contributed by atoms with E-state index >= 15 is 0 Å². The van der Waals surface area contributed by atoms with Crippen LogP contribution >= 0.6 is 11.8 Å². The van der Waals surface area contributed by atoms with Crippen LogP contribution in [0.1, 0.15) is 12.0 Å². The molecule has 0 aliphatic carbocycles. The molecule has 1 fully saturated rings. The Morgan fingerprint density at radius 2 is 1.84 bits per heavy atom. The smallest absolute Gasteiger partial charge is 0.240 e. The van der Waals surface area contributed by atoms with Gasteiger partial charge in [-0.1, -0.05) is 47.7 Å². The van der Waals surface area contributed by atoms with Crippen molar-refractivity contribution in [1.29, 1.82) is 0 Å². The summed E-state index contributed by atoms with van der Waals surface area (Å²) in [6.45, 7) is 1.98. The minimum atomic E-state index is -0.484. The average Bonchev–Trinajstić information content (AvgIpc) is 2.96. The maximum absolute atomic E-state index is 12.1. The number of anilines is 2. The van der Waals surface area contributed by atoms with Crippen LogP contribution in [0, 0.1) is 6.92 Å². The van der Waals surface area contributed by atoms with Crippen molar-refractivity contribution in [2.45, 2.75) is 18.6 Å². The van der Waals surface area contributed by atoms with E-state index in [1.807, 2.05) is 61.5 Å². The average molecular weight is 354 g/mol. The van der Waals surface area contributed by atoms with Crippen LogP contribution in [0.3, 0.4) is 0 Å². The number of amidine groups is 1. The van der Waals surface area contributed by atoms with Crippen molar-refractivity contribution < 1.29 is 9.59 Å². The van der Waals surface area contributed by atoms with E-state index in [0.717, 1.165) is 16.9 Å². The minimum absolute atomic E-state index is 0.0920. The molecule has 0 bridgehead atoms. The van der Waals surface area contributed by atoms with E-state index < -0.39 is 5.25 Å². The summed E-state index contributed by atoms with van der Waals surface area (Å²) >= 11 is 1.25. The number of rotatable bonds is 5. The normalized spacial score (nSPS) is 18.0. The summed E-state index contributed by atoms with van der Waals surface area (Å²) in [6.07, 6.45) is 0.0920. The number of amides is 2. The van der Waals surface area contributed by atoms with Crippen molar-refractivity contribution in [3.05, 3.63) is 60.2 Å². The number of nitrogens with one attached hydrogen (secondary N) is 3. The summed E-state index contributed by atoms with van der Waals surface area (Å²) in [5, 5.41) is 9.62. The number of benzene rings is 2. The highest BCUT2D eigenvalue weighted by atomic mass is 32.2. The standard InChI is InChI=1S/C18H18N4O2S/c1-12-7-9-13(10-8-12)19-16(23)11-15-17(24)20-18(25-15)22-21-14-5-3-2-4-6-14/h2-10,15,21H,11H2,1H3,(H,19,23)(H,20,22,24)/t15-/m0/s1. The molecule has 2 aromatic rings. The Morgan fingerprint density at radius 3 is 2.56 bits per heavy atom. The first-order chi connectivity index (χ1) is 12.1. The minimum Gasteiger partial charge on any atom is -0.326 e. The molecule has 0 unspecified atom stereocenters. The molecule has 1 heterocycles. The molecular formula is C18H18N4O2S. The largest absolute Gasteiger partial charge is 0.326 e. The van der Waals surface area contributed by atoms with E-state index in [4.69, 9.17) is 0 Å². The zero-order chi connectivity index (χ0) is 17.6. The quantitative estimate of drug-likeness (QED) is 0.721. The van der Waals surface area contributed by atoms with Gasteiger partial charge in [-0.15, -0.1) is 5.10 Å². The van der Waals surface area contributed by atoms with Crippen LogP contribution in [-0.2, 0) is 9.59 Å². The Balaban J connectivity index is 1.53. The van der Waals surface area contributed by atoms with Crippen LogP contribution in [0.4, 0.5) is 11.4 Å². The van der Waals surface area contributed by atoms with Crippen molar-refractivity contribution in [1.82, 2.24) is 5.32 Å². The van der Waals surface area contributed by atoms with E-state index in [1.54, 1.807) is 0 Å². The molecule has 0 spiro atoms. The lowest BCUT2D eigenvalue weighted by molar-refractivity contribution is -0.122. The topological polar surface area (TPSA) is 82.6 Å². The van der Waals surface area contributed by atoms with Gasteiger partial charge in [0.15, 0.2) is 5.17 Å². The first kappa shape index (κ1) is 17.0. The highest BCUT2D eigenvalue weighted by Gasteiger charge is 2.32. The molecule has 6 nitrogen and oxygen atoms in total. The Hall–Kier alpha value is -2.80. The Bertz CT molecular complexity index is 790. The summed E-state index contributed by atoms with van der Waals surface area (Å²) < 4.78 is 0. The molecular weight excluding hydrogens is 336 g/mol. The fraction of sp³-hybridized carbons (Fsp3) is 0.167. The maximum atomic E-state index is 12.1. The van der Waals surface area contributed by atoms with Crippen molar-refractivity contribution in [3.63, 3.8) is 0 Å². The third kappa shape index (κ3) is 4.84. The molecule has 3 N–H and O–H groups in total. The number of hydrazone groups is 1. The van der Waals surface area contributed by atoms with E-state index in [0.29, 0.717) is 5.17 Å². The second kappa shape index (κ2) is 7.85. The van der Waals surface area contributed by atoms with Gasteiger partial charge in [-0.3, -0.25) is 15.0 Å². The van der Waals surface area contributed by atoms with Gasteiger partial charge in [-0.25, -0.2) is 0 Å². The molecule has 3 rings (SSSR count). The third-order valence-electron chi connectivity index (χ3n) is 3.54. The van der Waals surface area contributed by atoms with Crippen LogP contribution in [0.15, 0.2) is 59.7 Å². The number of nitrogens with zero attached hydrogens (tertiary/aromatic N) is 1. The molecule has 1 atom stereocenters. The van der Waals surface area contributed by atoms with Crippen molar-refractivity contribution >= 4 is 40.1 Å². The van der Waals surface area contributed by atoms with Crippen LogP contribution < -0.4 is 16.1 Å². The lowest BCUT2D eigenvalue weighted by Crippen LogP contribution is -2.28. The molecule has 1 aliphatic rings. The van der Waals surface area contributed by atoms with Gasteiger partial charge in [0.1, 0.15) is 5.25 Å². The van der Waals surface area contributed by atoms with Gasteiger partial charge in [0.2, 0.25) is 11.8 Å². The fourth-order valence-electron chi connectivity index (χ4n) is 2.24. The molecule has 2 amide bonds. The number of aryl methyl sites for hydroxylation is 1. The summed E-state index contributed by atoms with van der Waals surface area (Å²) in [5.74, 6) is -0.411. The Labute approximate surface area is 150 Å². The van der Waals surface area contributed by atoms with Gasteiger partial charge in [0.25, 0.3) is 0 Å². The van der Waals surface area contributed by atoms with Crippen molar-refractivity contribution in [2.75, 3.05) is 10.7 Å². The first-order valence-electron chi connectivity index (χ1n) is 7.83. The van der Waals surface area contributed by atoms with Gasteiger partial charge in [-0.2, -0.15) is 0 Å². The predicted molar refractivity (Wildman–Crippen MR) is 101 cm³/mol. The first-order valence-corrected chi connectivity index (χ1v) is 8.71. The molecule has 2 aromatic carbocycles. The molecule has 1 aliphatic heterocycles. The number of thioether (sulfide) groups is 1. The van der Waals surface area contributed by atoms with Crippen LogP contribution in [0.25, 0.3) is 0 Å². The Morgan fingerprint density at radius 1 is 1.12 bits per heavy atom. The highest BCUT2D eigenvalue weighted by molar-refractivity contribution is 8.15. The van der Waals surface area contributed by atoms with Crippen LogP contribution in [-0.4, -0.2) is 22.2 Å². The van der Waals surface area contributed by atoms with Crippen LogP contribution in [0.5, 0.6) is 0 Å². The van der Waals surface area contributed by atoms with Crippen molar-refractivity contribution in [3.8, 4) is 0 Å². The summed E-state index contributed by atoms with van der Waals surface area (Å²) in [4.78, 5) is 24.1. The van der Waals surface area contributed by atoms with E-state index in [1.165, 1.54) is 11.8 Å². The monoisotopic (exact) mass is 354 g/mol. The molecule has 0 aromatic heterocycles. The summed E-state index contributed by atoms with van der Waals surface area (Å²) in [5.41, 5.74) is 5.54. The van der Waals surface area contributed by atoms with Gasteiger partial charge in [-0.05, 0) is 31.2 Å². The number of para-hydroxylation sites is 1. The fourth-order valence-corrected chi connectivity index (χ4v) is 3.17. The predicted octanol–water partition coefficient (Wildman–Crippen LogP) is 2.94. The molecule has 1 saturated heterocycles. The van der Waals surface area contributed by atoms with Gasteiger partial charge >= 0.3 is 0 Å². The maximum Gasteiger partial charge on any atom is 0.240 e. The number of carbonyl (C=O) groups is 2. The molecule has 0 saturated carbocycles. The number of carbonyl (C=O) groups excluding carboxylic acids is 2. The summed E-state index contributed by atoms with van der Waals surface area (Å²) in [6, 6.07) is 17.0. The second-order valence-corrected chi connectivity index (χ2v) is 6.80. The zero-order valence-corrected chi connectivity index (χ0v) is 14.5. The van der Waals surface area contributed by atoms with E-state index in [9.17, 15) is 9.59 Å². The lowest BCUT2D eigenvalue weighted by Gasteiger charge is -2.07. The van der Waals surface area contributed by atoms with Gasteiger partial charge in [0, 0.05) is 12.1 Å². The van der Waals surface area contributed by atoms with E-state index in [2.05, 4.69) is 21.2 Å². The Kier molecular flexibility index (Phi) is 5.35. The summed E-state index contributed by atoms with van der Waals surface area (Å²) in [7, 11) is 0. The van der Waals surface area contributed by atoms with E-state index in [-0.39, 0.29) is 18.2 Å². The number of hydrogen-bond acceptors (Lipinski definition) is 5. The highest BCUT2D eigenvalue weighted by Crippen LogP contribution is 2.23. The van der Waals surface area contributed by atoms with Crippen LogP contribution in [0.2, 0.25) is 0 Å².